The predicted molar refractivity (Wildman–Crippen MR) is 88.7 cm³/mol. The van der Waals surface area contributed by atoms with Crippen LogP contribution in [0.2, 0.25) is 0 Å². The summed E-state index contributed by atoms with van der Waals surface area (Å²) in [5.74, 6) is 0.876. The van der Waals surface area contributed by atoms with Gasteiger partial charge in [0.1, 0.15) is 10.8 Å². The molecule has 22 heavy (non-hydrogen) atoms. The third-order valence-corrected chi connectivity index (χ3v) is 4.15. The molecule has 1 N–H and O–H groups in total. The fourth-order valence-corrected chi connectivity index (χ4v) is 2.68. The third kappa shape index (κ3) is 4.27. The number of hydrogen-bond donors (Lipinski definition) is 1. The van der Waals surface area contributed by atoms with Crippen molar-refractivity contribution in [3.63, 3.8) is 0 Å². The van der Waals surface area contributed by atoms with Gasteiger partial charge in [-0.2, -0.15) is 0 Å². The van der Waals surface area contributed by atoms with Crippen LogP contribution in [-0.2, 0) is 11.2 Å². The van der Waals surface area contributed by atoms with Crippen LogP contribution in [0.25, 0.3) is 0 Å². The number of carbonyl (C=O) groups excluding carboxylic acids is 1. The quantitative estimate of drug-likeness (QED) is 0.884. The van der Waals surface area contributed by atoms with Gasteiger partial charge in [0.25, 0.3) is 5.91 Å². The number of aryl methyl sites for hydroxylation is 2. The first-order valence-corrected chi connectivity index (χ1v) is 8.16. The predicted octanol–water partition coefficient (Wildman–Crippen LogP) is 3.55. The second-order valence-electron chi connectivity index (χ2n) is 5.39. The number of hydrogen-bond acceptors (Lipinski definition) is 5. The smallest absolute Gasteiger partial charge is 0.264 e. The molecular formula is C16H21N3O2S. The van der Waals surface area contributed by atoms with Gasteiger partial charge in [-0.3, -0.25) is 10.1 Å². The van der Waals surface area contributed by atoms with Crippen LogP contribution < -0.4 is 10.1 Å². The average Bonchev–Trinajstić information content (AvgIpc) is 2.92. The van der Waals surface area contributed by atoms with Crippen molar-refractivity contribution in [1.82, 2.24) is 10.2 Å². The van der Waals surface area contributed by atoms with Gasteiger partial charge in [-0.05, 0) is 36.5 Å². The Balaban J connectivity index is 1.97. The lowest BCUT2D eigenvalue weighted by atomic mass is 10.0. The summed E-state index contributed by atoms with van der Waals surface area (Å²) in [5.41, 5.74) is 2.21. The van der Waals surface area contributed by atoms with Crippen molar-refractivity contribution in [2.45, 2.75) is 40.0 Å². The SMILES string of the molecule is CCc1nnc(NC(=O)COc2cc(C)ccc2C(C)C)s1. The first-order valence-electron chi connectivity index (χ1n) is 7.35. The van der Waals surface area contributed by atoms with Gasteiger partial charge in [0.2, 0.25) is 5.13 Å². The van der Waals surface area contributed by atoms with Crippen molar-refractivity contribution in [3.8, 4) is 5.75 Å². The van der Waals surface area contributed by atoms with Crippen molar-refractivity contribution < 1.29 is 9.53 Å². The van der Waals surface area contributed by atoms with Crippen molar-refractivity contribution in [3.05, 3.63) is 34.3 Å². The van der Waals surface area contributed by atoms with Gasteiger partial charge >= 0.3 is 0 Å². The minimum Gasteiger partial charge on any atom is -0.483 e. The number of anilines is 1. The number of nitrogens with zero attached hydrogens (tertiary/aromatic N) is 2. The standard InChI is InChI=1S/C16H21N3O2S/c1-5-15-18-19-16(22-15)17-14(20)9-21-13-8-11(4)6-7-12(13)10(2)3/h6-8,10H,5,9H2,1-4H3,(H,17,19,20). The maximum absolute atomic E-state index is 12.0. The van der Waals surface area contributed by atoms with Gasteiger partial charge in [0.15, 0.2) is 6.61 Å². The van der Waals surface area contributed by atoms with Crippen LogP contribution in [0.4, 0.5) is 5.13 Å². The Morgan fingerprint density at radius 1 is 1.36 bits per heavy atom. The molecule has 5 nitrogen and oxygen atoms in total. The third-order valence-electron chi connectivity index (χ3n) is 3.17. The number of ether oxygens (including phenoxy) is 1. The molecule has 0 saturated carbocycles. The molecule has 0 aliphatic heterocycles. The van der Waals surface area contributed by atoms with Gasteiger partial charge in [-0.25, -0.2) is 0 Å². The highest BCUT2D eigenvalue weighted by molar-refractivity contribution is 7.15. The normalized spacial score (nSPS) is 10.8. The first kappa shape index (κ1) is 16.4. The van der Waals surface area contributed by atoms with Crippen LogP contribution in [0.15, 0.2) is 18.2 Å². The zero-order chi connectivity index (χ0) is 16.1. The molecule has 1 aromatic heterocycles. The van der Waals surface area contributed by atoms with Gasteiger partial charge in [0.05, 0.1) is 0 Å². The summed E-state index contributed by atoms with van der Waals surface area (Å²) in [5, 5.41) is 12.0. The van der Waals surface area contributed by atoms with Crippen LogP contribution >= 0.6 is 11.3 Å². The van der Waals surface area contributed by atoms with Crippen LogP contribution in [-0.4, -0.2) is 22.7 Å². The van der Waals surface area contributed by atoms with Crippen LogP contribution in [0, 0.1) is 6.92 Å². The largest absolute Gasteiger partial charge is 0.483 e. The highest BCUT2D eigenvalue weighted by atomic mass is 32.1. The van der Waals surface area contributed by atoms with Crippen molar-refractivity contribution >= 4 is 22.4 Å². The molecular weight excluding hydrogens is 298 g/mol. The lowest BCUT2D eigenvalue weighted by Crippen LogP contribution is -2.20. The fraction of sp³-hybridized carbons (Fsp3) is 0.438. The molecule has 2 aromatic rings. The summed E-state index contributed by atoms with van der Waals surface area (Å²) in [6.45, 7) is 8.17. The van der Waals surface area contributed by atoms with E-state index in [4.69, 9.17) is 4.74 Å². The van der Waals surface area contributed by atoms with E-state index in [0.717, 1.165) is 28.3 Å². The van der Waals surface area contributed by atoms with E-state index < -0.39 is 0 Å². The Bertz CT molecular complexity index is 653. The van der Waals surface area contributed by atoms with E-state index in [1.165, 1.54) is 11.3 Å². The maximum atomic E-state index is 12.0. The zero-order valence-electron chi connectivity index (χ0n) is 13.3. The van der Waals surface area contributed by atoms with E-state index in [-0.39, 0.29) is 12.5 Å². The molecule has 6 heteroatoms. The number of nitrogens with one attached hydrogen (secondary N) is 1. The Morgan fingerprint density at radius 3 is 2.77 bits per heavy atom. The fourth-order valence-electron chi connectivity index (χ4n) is 1.99. The molecule has 2 rings (SSSR count). The van der Waals surface area contributed by atoms with Gasteiger partial charge in [-0.15, -0.1) is 10.2 Å². The highest BCUT2D eigenvalue weighted by Crippen LogP contribution is 2.27. The van der Waals surface area contributed by atoms with E-state index in [9.17, 15) is 4.79 Å². The average molecular weight is 319 g/mol. The van der Waals surface area contributed by atoms with Crippen molar-refractivity contribution in [2.75, 3.05) is 11.9 Å². The van der Waals surface area contributed by atoms with E-state index >= 15 is 0 Å². The molecule has 0 atom stereocenters. The lowest BCUT2D eigenvalue weighted by Gasteiger charge is -2.14. The molecule has 0 aliphatic rings. The molecule has 0 bridgehead atoms. The minimum atomic E-state index is -0.227. The summed E-state index contributed by atoms with van der Waals surface area (Å²) < 4.78 is 5.69. The topological polar surface area (TPSA) is 64.1 Å². The Hall–Kier alpha value is -1.95. The van der Waals surface area contributed by atoms with Crippen LogP contribution in [0.1, 0.15) is 42.8 Å². The number of rotatable bonds is 6. The van der Waals surface area contributed by atoms with Crippen LogP contribution in [0.3, 0.4) is 0 Å². The van der Waals surface area contributed by atoms with Gasteiger partial charge < -0.3 is 4.74 Å². The van der Waals surface area contributed by atoms with Gasteiger partial charge in [-0.1, -0.05) is 44.2 Å². The molecule has 0 aliphatic carbocycles. The molecule has 1 heterocycles. The lowest BCUT2D eigenvalue weighted by molar-refractivity contribution is -0.118. The molecule has 0 radical (unpaired) electrons. The van der Waals surface area contributed by atoms with E-state index in [0.29, 0.717) is 11.0 Å². The molecule has 0 unspecified atom stereocenters. The molecule has 0 spiro atoms. The second kappa shape index (κ2) is 7.35. The number of aromatic nitrogens is 2. The Kier molecular flexibility index (Phi) is 5.49. The summed E-state index contributed by atoms with van der Waals surface area (Å²) in [7, 11) is 0. The zero-order valence-corrected chi connectivity index (χ0v) is 14.2. The molecule has 0 fully saturated rings. The molecule has 1 aromatic carbocycles. The van der Waals surface area contributed by atoms with Crippen LogP contribution in [0.5, 0.6) is 5.75 Å². The Labute approximate surface area is 134 Å². The summed E-state index contributed by atoms with van der Waals surface area (Å²) >= 11 is 1.38. The number of carbonyl (C=O) groups is 1. The number of amides is 1. The summed E-state index contributed by atoms with van der Waals surface area (Å²) in [6, 6.07) is 6.06. The number of benzene rings is 1. The van der Waals surface area contributed by atoms with E-state index in [1.807, 2.05) is 26.0 Å². The highest BCUT2D eigenvalue weighted by Gasteiger charge is 2.12. The molecule has 118 valence electrons. The maximum Gasteiger partial charge on any atom is 0.264 e. The van der Waals surface area contributed by atoms with E-state index in [2.05, 4.69) is 35.4 Å². The van der Waals surface area contributed by atoms with Crippen molar-refractivity contribution in [2.24, 2.45) is 0 Å². The minimum absolute atomic E-state index is 0.0375. The molecule has 1 amide bonds. The van der Waals surface area contributed by atoms with E-state index in [1.54, 1.807) is 0 Å². The van der Waals surface area contributed by atoms with Gasteiger partial charge in [0, 0.05) is 0 Å². The Morgan fingerprint density at radius 2 is 2.14 bits per heavy atom. The van der Waals surface area contributed by atoms with Crippen molar-refractivity contribution in [1.29, 1.82) is 0 Å². The monoisotopic (exact) mass is 319 g/mol. The second-order valence-corrected chi connectivity index (χ2v) is 6.45. The first-order chi connectivity index (χ1) is 10.5. The molecule has 0 saturated heterocycles. The summed E-state index contributed by atoms with van der Waals surface area (Å²) in [6.07, 6.45) is 0.811. The summed E-state index contributed by atoms with van der Waals surface area (Å²) in [4.78, 5) is 12.0.